The third-order valence-corrected chi connectivity index (χ3v) is 6.42. The fraction of sp³-hybridized carbons (Fsp3) is 0.391. The molecule has 0 unspecified atom stereocenters. The van der Waals surface area contributed by atoms with E-state index in [-0.39, 0.29) is 24.5 Å². The van der Waals surface area contributed by atoms with Crippen molar-refractivity contribution in [1.82, 2.24) is 10.2 Å². The first-order valence-electron chi connectivity index (χ1n) is 9.82. The molecule has 2 aromatic carbocycles. The van der Waals surface area contributed by atoms with E-state index < -0.39 is 6.04 Å². The number of benzene rings is 2. The Morgan fingerprint density at radius 3 is 2.13 bits per heavy atom. The Bertz CT molecular complexity index is 875. The molecule has 0 aliphatic carbocycles. The second kappa shape index (κ2) is 11.0. The number of amides is 2. The third-order valence-electron chi connectivity index (χ3n) is 4.64. The SMILES string of the molecule is Cc1cc(OCC(=O)N(Cc2ccc(Br)cc2)[C@@H](C)C(=O)NC(C)C)cc(C)c1Br. The first-order chi connectivity index (χ1) is 14.1. The van der Waals surface area contributed by atoms with Crippen molar-refractivity contribution in [1.29, 1.82) is 0 Å². The van der Waals surface area contributed by atoms with E-state index in [1.165, 1.54) is 0 Å². The van der Waals surface area contributed by atoms with Crippen LogP contribution in [0.15, 0.2) is 45.3 Å². The van der Waals surface area contributed by atoms with Gasteiger partial charge in [-0.2, -0.15) is 0 Å². The Labute approximate surface area is 195 Å². The van der Waals surface area contributed by atoms with Gasteiger partial charge in [0.15, 0.2) is 6.61 Å². The molecule has 0 radical (unpaired) electrons. The molecule has 1 atom stereocenters. The number of carbonyl (C=O) groups excluding carboxylic acids is 2. The summed E-state index contributed by atoms with van der Waals surface area (Å²) in [4.78, 5) is 27.2. The molecule has 0 heterocycles. The van der Waals surface area contributed by atoms with E-state index in [9.17, 15) is 9.59 Å². The predicted octanol–water partition coefficient (Wildman–Crippen LogP) is 5.15. The minimum Gasteiger partial charge on any atom is -0.484 e. The van der Waals surface area contributed by atoms with E-state index in [2.05, 4.69) is 37.2 Å². The Morgan fingerprint density at radius 1 is 1.03 bits per heavy atom. The van der Waals surface area contributed by atoms with Crippen LogP contribution in [0.4, 0.5) is 0 Å². The first-order valence-corrected chi connectivity index (χ1v) is 11.4. The lowest BCUT2D eigenvalue weighted by Gasteiger charge is -2.29. The Kier molecular flexibility index (Phi) is 8.92. The number of aryl methyl sites for hydroxylation is 2. The zero-order chi connectivity index (χ0) is 22.4. The molecule has 30 heavy (non-hydrogen) atoms. The number of ether oxygens (including phenoxy) is 1. The van der Waals surface area contributed by atoms with Crippen molar-refractivity contribution < 1.29 is 14.3 Å². The van der Waals surface area contributed by atoms with E-state index in [4.69, 9.17) is 4.74 Å². The van der Waals surface area contributed by atoms with Crippen LogP contribution in [0, 0.1) is 13.8 Å². The molecule has 2 rings (SSSR count). The van der Waals surface area contributed by atoms with Gasteiger partial charge >= 0.3 is 0 Å². The van der Waals surface area contributed by atoms with Gasteiger partial charge in [0, 0.05) is 21.5 Å². The van der Waals surface area contributed by atoms with Crippen LogP contribution in [0.25, 0.3) is 0 Å². The normalized spacial score (nSPS) is 11.9. The summed E-state index contributed by atoms with van der Waals surface area (Å²) in [5.41, 5.74) is 3.01. The zero-order valence-corrected chi connectivity index (χ0v) is 21.1. The average molecular weight is 540 g/mol. The molecule has 0 aliphatic heterocycles. The van der Waals surface area contributed by atoms with E-state index in [0.717, 1.165) is 25.6 Å². The van der Waals surface area contributed by atoms with Crippen molar-refractivity contribution in [2.24, 2.45) is 0 Å². The maximum Gasteiger partial charge on any atom is 0.261 e. The van der Waals surface area contributed by atoms with Crippen LogP contribution in [-0.4, -0.2) is 35.4 Å². The van der Waals surface area contributed by atoms with Crippen LogP contribution in [0.5, 0.6) is 5.75 Å². The van der Waals surface area contributed by atoms with Gasteiger partial charge in [-0.3, -0.25) is 9.59 Å². The van der Waals surface area contributed by atoms with Gasteiger partial charge in [0.05, 0.1) is 0 Å². The van der Waals surface area contributed by atoms with Crippen LogP contribution in [0.1, 0.15) is 37.5 Å². The van der Waals surface area contributed by atoms with E-state index >= 15 is 0 Å². The molecule has 0 aromatic heterocycles. The monoisotopic (exact) mass is 538 g/mol. The van der Waals surface area contributed by atoms with Gasteiger partial charge in [-0.1, -0.05) is 44.0 Å². The standard InChI is InChI=1S/C23H28Br2N2O3/c1-14(2)26-23(29)17(5)27(12-18-6-8-19(24)9-7-18)21(28)13-30-20-10-15(3)22(25)16(4)11-20/h6-11,14,17H,12-13H2,1-5H3,(H,26,29)/t17-/m0/s1. The third kappa shape index (κ3) is 6.84. The minimum atomic E-state index is -0.625. The van der Waals surface area contributed by atoms with Crippen molar-refractivity contribution >= 4 is 43.7 Å². The summed E-state index contributed by atoms with van der Waals surface area (Å²) in [7, 11) is 0. The van der Waals surface area contributed by atoms with Crippen LogP contribution < -0.4 is 10.1 Å². The Hall–Kier alpha value is -1.86. The predicted molar refractivity (Wildman–Crippen MR) is 127 cm³/mol. The maximum absolute atomic E-state index is 13.1. The van der Waals surface area contributed by atoms with Crippen molar-refractivity contribution in [3.63, 3.8) is 0 Å². The molecule has 2 aromatic rings. The van der Waals surface area contributed by atoms with Gasteiger partial charge in [-0.05, 0) is 75.6 Å². The lowest BCUT2D eigenvalue weighted by Crippen LogP contribution is -2.50. The summed E-state index contributed by atoms with van der Waals surface area (Å²) < 4.78 is 7.76. The van der Waals surface area contributed by atoms with Crippen LogP contribution in [0.2, 0.25) is 0 Å². The molecule has 0 saturated heterocycles. The number of halogens is 2. The number of hydrogen-bond acceptors (Lipinski definition) is 3. The van der Waals surface area contributed by atoms with Gasteiger partial charge in [-0.15, -0.1) is 0 Å². The van der Waals surface area contributed by atoms with E-state index in [1.807, 2.05) is 64.1 Å². The van der Waals surface area contributed by atoms with Crippen molar-refractivity contribution in [3.05, 3.63) is 62.0 Å². The van der Waals surface area contributed by atoms with Crippen LogP contribution >= 0.6 is 31.9 Å². The lowest BCUT2D eigenvalue weighted by atomic mass is 10.1. The van der Waals surface area contributed by atoms with Crippen molar-refractivity contribution in [2.45, 2.75) is 53.2 Å². The maximum atomic E-state index is 13.1. The smallest absolute Gasteiger partial charge is 0.261 e. The van der Waals surface area contributed by atoms with Gasteiger partial charge in [-0.25, -0.2) is 0 Å². The zero-order valence-electron chi connectivity index (χ0n) is 18.0. The lowest BCUT2D eigenvalue weighted by molar-refractivity contribution is -0.142. The molecule has 0 fully saturated rings. The first kappa shape index (κ1) is 24.4. The van der Waals surface area contributed by atoms with Crippen LogP contribution in [0.3, 0.4) is 0 Å². The number of nitrogens with zero attached hydrogens (tertiary/aromatic N) is 1. The minimum absolute atomic E-state index is 0.00505. The molecule has 7 heteroatoms. The van der Waals surface area contributed by atoms with Crippen LogP contribution in [-0.2, 0) is 16.1 Å². The molecule has 0 aliphatic rings. The highest BCUT2D eigenvalue weighted by atomic mass is 79.9. The second-order valence-corrected chi connectivity index (χ2v) is 9.36. The summed E-state index contributed by atoms with van der Waals surface area (Å²) in [5, 5.41) is 2.88. The molecule has 0 spiro atoms. The molecule has 162 valence electrons. The number of rotatable bonds is 8. The molecule has 5 nitrogen and oxygen atoms in total. The van der Waals surface area contributed by atoms with Gasteiger partial charge in [0.2, 0.25) is 5.91 Å². The number of hydrogen-bond donors (Lipinski definition) is 1. The van der Waals surface area contributed by atoms with Gasteiger partial charge < -0.3 is 15.0 Å². The van der Waals surface area contributed by atoms with Crippen molar-refractivity contribution in [3.8, 4) is 5.75 Å². The summed E-state index contributed by atoms with van der Waals surface area (Å²) in [6.07, 6.45) is 0. The molecular formula is C23H28Br2N2O3. The Balaban J connectivity index is 2.18. The van der Waals surface area contributed by atoms with Gasteiger partial charge in [0.25, 0.3) is 5.91 Å². The van der Waals surface area contributed by atoms with Crippen molar-refractivity contribution in [2.75, 3.05) is 6.61 Å². The fourth-order valence-electron chi connectivity index (χ4n) is 2.99. The quantitative estimate of drug-likeness (QED) is 0.504. The largest absolute Gasteiger partial charge is 0.484 e. The van der Waals surface area contributed by atoms with Gasteiger partial charge in [0.1, 0.15) is 11.8 Å². The summed E-state index contributed by atoms with van der Waals surface area (Å²) in [6.45, 7) is 9.66. The molecule has 0 saturated carbocycles. The highest BCUT2D eigenvalue weighted by Crippen LogP contribution is 2.26. The van der Waals surface area contributed by atoms with E-state index in [1.54, 1.807) is 11.8 Å². The summed E-state index contributed by atoms with van der Waals surface area (Å²) >= 11 is 6.95. The highest BCUT2D eigenvalue weighted by Gasteiger charge is 2.27. The average Bonchev–Trinajstić information content (AvgIpc) is 2.68. The summed E-state index contributed by atoms with van der Waals surface area (Å²) in [6, 6.07) is 10.8. The molecule has 2 amide bonds. The summed E-state index contributed by atoms with van der Waals surface area (Å²) in [5.74, 6) is 0.192. The van der Waals surface area contributed by atoms with E-state index in [0.29, 0.717) is 12.3 Å². The molecule has 0 bridgehead atoms. The Morgan fingerprint density at radius 2 is 1.60 bits per heavy atom. The molecular weight excluding hydrogens is 512 g/mol. The highest BCUT2D eigenvalue weighted by molar-refractivity contribution is 9.10. The number of nitrogens with one attached hydrogen (secondary N) is 1. The second-order valence-electron chi connectivity index (χ2n) is 7.65. The topological polar surface area (TPSA) is 58.6 Å². The molecule has 1 N–H and O–H groups in total. The fourth-order valence-corrected chi connectivity index (χ4v) is 3.49. The number of carbonyl (C=O) groups is 2.